The molecule has 0 saturated carbocycles. The molecule has 130 valence electrons. The van der Waals surface area contributed by atoms with Crippen molar-refractivity contribution >= 4 is 5.91 Å². The molecule has 3 rings (SSSR count). The largest absolute Gasteiger partial charge is 0.333 e. The van der Waals surface area contributed by atoms with Crippen molar-refractivity contribution in [3.05, 3.63) is 35.5 Å². The van der Waals surface area contributed by atoms with E-state index in [-0.39, 0.29) is 35.6 Å². The Hall–Kier alpha value is -2.89. The third-order valence-electron chi connectivity index (χ3n) is 3.93. The summed E-state index contributed by atoms with van der Waals surface area (Å²) in [5.41, 5.74) is -1.40. The smallest absolute Gasteiger partial charge is 0.290 e. The Morgan fingerprint density at radius 2 is 2.20 bits per heavy atom. The summed E-state index contributed by atoms with van der Waals surface area (Å²) in [6, 6.07) is 1.94. The van der Waals surface area contributed by atoms with Gasteiger partial charge < -0.3 is 5.32 Å². The van der Waals surface area contributed by atoms with Crippen molar-refractivity contribution < 1.29 is 13.6 Å². The van der Waals surface area contributed by atoms with E-state index in [1.54, 1.807) is 0 Å². The fourth-order valence-electron chi connectivity index (χ4n) is 2.79. The van der Waals surface area contributed by atoms with E-state index in [9.17, 15) is 13.6 Å². The first-order valence-electron chi connectivity index (χ1n) is 7.75. The molecular weight excluding hydrogens is 330 g/mol. The highest BCUT2D eigenvalue weighted by Gasteiger charge is 2.44. The van der Waals surface area contributed by atoms with Crippen molar-refractivity contribution in [2.75, 3.05) is 0 Å². The summed E-state index contributed by atoms with van der Waals surface area (Å²) in [4.78, 5) is 20.4. The molecule has 0 unspecified atom stereocenters. The number of nitrogens with one attached hydrogen (secondary N) is 1. The molecule has 0 aromatic carbocycles. The minimum Gasteiger partial charge on any atom is -0.333 e. The molecule has 0 aliphatic heterocycles. The highest BCUT2D eigenvalue weighted by atomic mass is 19.3. The SMILES string of the molecule is CC(C)(C#N)NC(=O)c1nn(-c2cnccn2)c2c1CCCC2(F)F. The molecule has 0 fully saturated rings. The maximum absolute atomic E-state index is 14.5. The summed E-state index contributed by atoms with van der Waals surface area (Å²) >= 11 is 0. The molecule has 0 saturated heterocycles. The van der Waals surface area contributed by atoms with Crippen LogP contribution in [0, 0.1) is 11.3 Å². The van der Waals surface area contributed by atoms with Gasteiger partial charge in [0.05, 0.1) is 12.3 Å². The molecule has 0 radical (unpaired) electrons. The van der Waals surface area contributed by atoms with Crippen LogP contribution in [0.3, 0.4) is 0 Å². The van der Waals surface area contributed by atoms with Crippen LogP contribution in [0.15, 0.2) is 18.6 Å². The van der Waals surface area contributed by atoms with E-state index in [0.717, 1.165) is 4.68 Å². The number of fused-ring (bicyclic) bond motifs is 1. The summed E-state index contributed by atoms with van der Waals surface area (Å²) in [5.74, 6) is -3.68. The minimum atomic E-state index is -3.12. The van der Waals surface area contributed by atoms with E-state index in [1.807, 2.05) is 6.07 Å². The van der Waals surface area contributed by atoms with Crippen molar-refractivity contribution in [2.45, 2.75) is 44.6 Å². The molecule has 1 amide bonds. The Labute approximate surface area is 142 Å². The quantitative estimate of drug-likeness (QED) is 0.918. The molecule has 9 heteroatoms. The second-order valence-corrected chi connectivity index (χ2v) is 6.40. The second-order valence-electron chi connectivity index (χ2n) is 6.40. The number of amides is 1. The Bertz CT molecular complexity index is 854. The van der Waals surface area contributed by atoms with Gasteiger partial charge in [-0.1, -0.05) is 0 Å². The zero-order chi connectivity index (χ0) is 18.2. The normalized spacial score (nSPS) is 16.0. The zero-order valence-corrected chi connectivity index (χ0v) is 13.8. The fourth-order valence-corrected chi connectivity index (χ4v) is 2.79. The number of carbonyl (C=O) groups excluding carboxylic acids is 1. The highest BCUT2D eigenvalue weighted by molar-refractivity contribution is 5.95. The summed E-state index contributed by atoms with van der Waals surface area (Å²) in [6.45, 7) is 3.04. The summed E-state index contributed by atoms with van der Waals surface area (Å²) < 4.78 is 30.0. The number of nitriles is 1. The molecule has 0 atom stereocenters. The third-order valence-corrected chi connectivity index (χ3v) is 3.93. The molecule has 2 aromatic heterocycles. The lowest BCUT2D eigenvalue weighted by atomic mass is 9.92. The second kappa shape index (κ2) is 5.88. The highest BCUT2D eigenvalue weighted by Crippen LogP contribution is 2.42. The summed E-state index contributed by atoms with van der Waals surface area (Å²) in [5, 5.41) is 15.7. The van der Waals surface area contributed by atoms with Gasteiger partial charge in [-0.3, -0.25) is 9.78 Å². The standard InChI is InChI=1S/C16H16F2N6O/c1-15(2,9-19)22-14(25)12-10-4-3-5-16(17,18)13(10)24(23-12)11-8-20-6-7-21-11/h6-8H,3-5H2,1-2H3,(H,22,25). The fraction of sp³-hybridized carbons (Fsp3) is 0.438. The maximum atomic E-state index is 14.5. The van der Waals surface area contributed by atoms with Crippen molar-refractivity contribution in [1.82, 2.24) is 25.1 Å². The van der Waals surface area contributed by atoms with E-state index in [2.05, 4.69) is 20.4 Å². The number of halogens is 2. The predicted molar refractivity (Wildman–Crippen MR) is 83.1 cm³/mol. The first-order chi connectivity index (χ1) is 11.7. The predicted octanol–water partition coefficient (Wildman–Crippen LogP) is 2.12. The Kier molecular flexibility index (Phi) is 3.99. The van der Waals surface area contributed by atoms with E-state index >= 15 is 0 Å². The van der Waals surface area contributed by atoms with Gasteiger partial charge in [0.15, 0.2) is 11.5 Å². The van der Waals surface area contributed by atoms with Gasteiger partial charge in [0.2, 0.25) is 0 Å². The topological polar surface area (TPSA) is 96.5 Å². The molecule has 0 bridgehead atoms. The van der Waals surface area contributed by atoms with Gasteiger partial charge in [0.1, 0.15) is 11.2 Å². The summed E-state index contributed by atoms with van der Waals surface area (Å²) in [6.07, 6.45) is 4.31. The maximum Gasteiger partial charge on any atom is 0.290 e. The number of hydrogen-bond donors (Lipinski definition) is 1. The lowest BCUT2D eigenvalue weighted by molar-refractivity contribution is -0.0283. The van der Waals surface area contributed by atoms with E-state index in [1.165, 1.54) is 32.4 Å². The number of nitrogens with zero attached hydrogens (tertiary/aromatic N) is 5. The minimum absolute atomic E-state index is 0.108. The lowest BCUT2D eigenvalue weighted by Crippen LogP contribution is -2.42. The van der Waals surface area contributed by atoms with Crippen molar-refractivity contribution in [3.63, 3.8) is 0 Å². The van der Waals surface area contributed by atoms with Crippen LogP contribution in [0.2, 0.25) is 0 Å². The molecule has 1 aliphatic rings. The van der Waals surface area contributed by atoms with Crippen LogP contribution in [0.5, 0.6) is 0 Å². The molecule has 1 N–H and O–H groups in total. The molecule has 1 aliphatic carbocycles. The van der Waals surface area contributed by atoms with Crippen LogP contribution < -0.4 is 5.32 Å². The van der Waals surface area contributed by atoms with Crippen molar-refractivity contribution in [3.8, 4) is 11.9 Å². The Balaban J connectivity index is 2.14. The number of hydrogen-bond acceptors (Lipinski definition) is 5. The molecule has 2 aromatic rings. The summed E-state index contributed by atoms with van der Waals surface area (Å²) in [7, 11) is 0. The zero-order valence-electron chi connectivity index (χ0n) is 13.8. The van der Waals surface area contributed by atoms with Crippen LogP contribution in [0.1, 0.15) is 48.4 Å². The van der Waals surface area contributed by atoms with Crippen LogP contribution in [-0.4, -0.2) is 31.2 Å². The van der Waals surface area contributed by atoms with Gasteiger partial charge in [0.25, 0.3) is 11.8 Å². The van der Waals surface area contributed by atoms with Crippen LogP contribution in [0.4, 0.5) is 8.78 Å². The van der Waals surface area contributed by atoms with Gasteiger partial charge in [-0.2, -0.15) is 19.1 Å². The van der Waals surface area contributed by atoms with E-state index < -0.39 is 17.4 Å². The van der Waals surface area contributed by atoms with Gasteiger partial charge in [-0.15, -0.1) is 0 Å². The molecule has 7 nitrogen and oxygen atoms in total. The first-order valence-corrected chi connectivity index (χ1v) is 7.75. The van der Waals surface area contributed by atoms with Crippen molar-refractivity contribution in [2.24, 2.45) is 0 Å². The van der Waals surface area contributed by atoms with E-state index in [4.69, 9.17) is 5.26 Å². The lowest BCUT2D eigenvalue weighted by Gasteiger charge is -2.23. The third kappa shape index (κ3) is 3.07. The molecular formula is C16H16F2N6O. The van der Waals surface area contributed by atoms with Crippen LogP contribution in [0.25, 0.3) is 5.82 Å². The molecule has 0 spiro atoms. The Morgan fingerprint density at radius 3 is 2.84 bits per heavy atom. The number of rotatable bonds is 3. The van der Waals surface area contributed by atoms with Gasteiger partial charge in [-0.05, 0) is 26.7 Å². The van der Waals surface area contributed by atoms with Gasteiger partial charge >= 0.3 is 0 Å². The van der Waals surface area contributed by atoms with Crippen LogP contribution in [-0.2, 0) is 12.3 Å². The first kappa shape index (κ1) is 17.0. The number of aromatic nitrogens is 4. The molecule has 2 heterocycles. The average molecular weight is 346 g/mol. The van der Waals surface area contributed by atoms with Crippen LogP contribution >= 0.6 is 0 Å². The average Bonchev–Trinajstić information content (AvgIpc) is 2.96. The Morgan fingerprint density at radius 1 is 1.44 bits per heavy atom. The van der Waals surface area contributed by atoms with Gasteiger partial charge in [-0.25, -0.2) is 9.67 Å². The van der Waals surface area contributed by atoms with E-state index in [0.29, 0.717) is 6.42 Å². The van der Waals surface area contributed by atoms with Crippen molar-refractivity contribution in [1.29, 1.82) is 5.26 Å². The monoisotopic (exact) mass is 346 g/mol. The molecule has 25 heavy (non-hydrogen) atoms. The van der Waals surface area contributed by atoms with Gasteiger partial charge in [0, 0.05) is 24.4 Å². The number of alkyl halides is 2. The number of carbonyl (C=O) groups is 1.